The normalized spacial score (nSPS) is 10.8. The van der Waals surface area contributed by atoms with Crippen LogP contribution in [-0.2, 0) is 5.88 Å². The Morgan fingerprint density at radius 1 is 1.70 bits per heavy atom. The van der Waals surface area contributed by atoms with Gasteiger partial charge in [0, 0.05) is 12.2 Å². The topological polar surface area (TPSA) is 17.8 Å². The lowest BCUT2D eigenvalue weighted by Crippen LogP contribution is -2.01. The highest BCUT2D eigenvalue weighted by Crippen LogP contribution is 2.09. The molecule has 0 saturated carbocycles. The molecule has 10 heavy (non-hydrogen) atoms. The summed E-state index contributed by atoms with van der Waals surface area (Å²) in [5.74, 6) is 0.540. The van der Waals surface area contributed by atoms with Crippen molar-refractivity contribution >= 4 is 11.6 Å². The third-order valence-electron chi connectivity index (χ3n) is 1.44. The van der Waals surface area contributed by atoms with Crippen molar-refractivity contribution in [2.24, 2.45) is 0 Å². The van der Waals surface area contributed by atoms with E-state index in [2.05, 4.69) is 23.4 Å². The van der Waals surface area contributed by atoms with Crippen LogP contribution in [-0.4, -0.2) is 9.55 Å². The van der Waals surface area contributed by atoms with Crippen LogP contribution in [0.5, 0.6) is 0 Å². The molecule has 2 nitrogen and oxygen atoms in total. The molecular weight excluding hydrogens is 148 g/mol. The molecule has 0 radical (unpaired) electrons. The van der Waals surface area contributed by atoms with E-state index >= 15 is 0 Å². The van der Waals surface area contributed by atoms with Gasteiger partial charge in [0.05, 0.1) is 17.9 Å². The predicted octanol–water partition coefficient (Wildman–Crippen LogP) is 2.20. The minimum atomic E-state index is 0.455. The second-order valence-corrected chi connectivity index (χ2v) is 2.79. The van der Waals surface area contributed by atoms with E-state index in [4.69, 9.17) is 11.6 Å². The Bertz CT molecular complexity index is 205. The molecule has 0 atom stereocenters. The summed E-state index contributed by atoms with van der Waals surface area (Å²) in [6, 6.07) is 0.455. The third kappa shape index (κ3) is 1.32. The Kier molecular flexibility index (Phi) is 2.33. The molecule has 0 spiro atoms. The van der Waals surface area contributed by atoms with Gasteiger partial charge in [-0.05, 0) is 13.8 Å². The maximum atomic E-state index is 5.66. The van der Waals surface area contributed by atoms with Crippen LogP contribution in [0.25, 0.3) is 0 Å². The summed E-state index contributed by atoms with van der Waals surface area (Å²) in [4.78, 5) is 3.99. The Balaban J connectivity index is 2.90. The first-order chi connectivity index (χ1) is 4.75. The van der Waals surface area contributed by atoms with E-state index < -0.39 is 0 Å². The number of aromatic nitrogens is 2. The smallest absolute Gasteiger partial charge is 0.0950 e. The monoisotopic (exact) mass is 158 g/mol. The average molecular weight is 159 g/mol. The lowest BCUT2D eigenvalue weighted by Gasteiger charge is -2.08. The van der Waals surface area contributed by atoms with E-state index in [0.29, 0.717) is 11.9 Å². The van der Waals surface area contributed by atoms with Crippen LogP contribution in [0.4, 0.5) is 0 Å². The molecular formula is C7H11ClN2. The number of nitrogens with zero attached hydrogens (tertiary/aromatic N) is 2. The van der Waals surface area contributed by atoms with Crippen LogP contribution in [0.3, 0.4) is 0 Å². The first-order valence-electron chi connectivity index (χ1n) is 3.32. The quantitative estimate of drug-likeness (QED) is 0.604. The standard InChI is InChI=1S/C7H11ClN2/c1-6(2)10-5-9-4-7(10)3-8/h4-6H,3H2,1-2H3. The fourth-order valence-corrected chi connectivity index (χ4v) is 1.11. The maximum absolute atomic E-state index is 5.66. The van der Waals surface area contributed by atoms with Gasteiger partial charge in [-0.1, -0.05) is 0 Å². The molecule has 0 aliphatic carbocycles. The molecule has 56 valence electrons. The van der Waals surface area contributed by atoms with Crippen LogP contribution in [0.1, 0.15) is 25.6 Å². The molecule has 0 bridgehead atoms. The van der Waals surface area contributed by atoms with Gasteiger partial charge in [-0.15, -0.1) is 11.6 Å². The molecule has 0 aliphatic rings. The van der Waals surface area contributed by atoms with Crippen molar-refractivity contribution in [1.29, 1.82) is 0 Å². The van der Waals surface area contributed by atoms with Crippen molar-refractivity contribution < 1.29 is 0 Å². The molecule has 0 aromatic carbocycles. The van der Waals surface area contributed by atoms with Crippen LogP contribution < -0.4 is 0 Å². The largest absolute Gasteiger partial charge is 0.331 e. The molecule has 1 rings (SSSR count). The van der Waals surface area contributed by atoms with Gasteiger partial charge in [-0.2, -0.15) is 0 Å². The zero-order chi connectivity index (χ0) is 7.56. The first-order valence-corrected chi connectivity index (χ1v) is 3.86. The molecule has 1 aromatic rings. The summed E-state index contributed by atoms with van der Waals surface area (Å²) in [7, 11) is 0. The minimum absolute atomic E-state index is 0.455. The van der Waals surface area contributed by atoms with Gasteiger partial charge in [-0.25, -0.2) is 4.98 Å². The summed E-state index contributed by atoms with van der Waals surface area (Å²) in [5, 5.41) is 0. The minimum Gasteiger partial charge on any atom is -0.331 e. The van der Waals surface area contributed by atoms with Crippen LogP contribution in [0.15, 0.2) is 12.5 Å². The number of halogens is 1. The molecule has 1 heterocycles. The van der Waals surface area contributed by atoms with Gasteiger partial charge in [0.1, 0.15) is 0 Å². The fraction of sp³-hybridized carbons (Fsp3) is 0.571. The van der Waals surface area contributed by atoms with Crippen molar-refractivity contribution in [3.8, 4) is 0 Å². The van der Waals surface area contributed by atoms with Crippen LogP contribution >= 0.6 is 11.6 Å². The summed E-state index contributed by atoms with van der Waals surface area (Å²) in [6.07, 6.45) is 3.61. The average Bonchev–Trinajstić information content (AvgIpc) is 2.33. The second kappa shape index (κ2) is 3.06. The fourth-order valence-electron chi connectivity index (χ4n) is 0.901. The first kappa shape index (κ1) is 7.61. The lowest BCUT2D eigenvalue weighted by atomic mass is 10.4. The highest BCUT2D eigenvalue weighted by Gasteiger charge is 2.01. The Morgan fingerprint density at radius 2 is 2.40 bits per heavy atom. The van der Waals surface area contributed by atoms with Gasteiger partial charge in [0.25, 0.3) is 0 Å². The van der Waals surface area contributed by atoms with Gasteiger partial charge in [0.2, 0.25) is 0 Å². The van der Waals surface area contributed by atoms with E-state index in [9.17, 15) is 0 Å². The van der Waals surface area contributed by atoms with Crippen molar-refractivity contribution in [1.82, 2.24) is 9.55 Å². The van der Waals surface area contributed by atoms with E-state index in [1.807, 2.05) is 6.33 Å². The molecule has 0 N–H and O–H groups in total. The second-order valence-electron chi connectivity index (χ2n) is 2.52. The number of imidazole rings is 1. The number of hydrogen-bond donors (Lipinski definition) is 0. The highest BCUT2D eigenvalue weighted by molar-refractivity contribution is 6.16. The van der Waals surface area contributed by atoms with E-state index in [1.165, 1.54) is 0 Å². The zero-order valence-corrected chi connectivity index (χ0v) is 6.97. The summed E-state index contributed by atoms with van der Waals surface area (Å²) in [6.45, 7) is 4.22. The van der Waals surface area contributed by atoms with Crippen molar-refractivity contribution in [2.45, 2.75) is 25.8 Å². The molecule has 0 aliphatic heterocycles. The maximum Gasteiger partial charge on any atom is 0.0950 e. The van der Waals surface area contributed by atoms with E-state index in [0.717, 1.165) is 5.69 Å². The lowest BCUT2D eigenvalue weighted by molar-refractivity contribution is 0.583. The number of hydrogen-bond acceptors (Lipinski definition) is 1. The number of rotatable bonds is 2. The molecule has 0 fully saturated rings. The van der Waals surface area contributed by atoms with Crippen molar-refractivity contribution in [3.05, 3.63) is 18.2 Å². The molecule has 0 unspecified atom stereocenters. The molecule has 0 saturated heterocycles. The van der Waals surface area contributed by atoms with Crippen LogP contribution in [0, 0.1) is 0 Å². The van der Waals surface area contributed by atoms with Gasteiger partial charge >= 0.3 is 0 Å². The van der Waals surface area contributed by atoms with E-state index in [1.54, 1.807) is 6.20 Å². The zero-order valence-electron chi connectivity index (χ0n) is 6.21. The van der Waals surface area contributed by atoms with Gasteiger partial charge in [0.15, 0.2) is 0 Å². The Hall–Kier alpha value is -0.500. The Labute approximate surface area is 65.8 Å². The summed E-state index contributed by atoms with van der Waals surface area (Å²) in [5.41, 5.74) is 1.08. The Morgan fingerprint density at radius 3 is 2.80 bits per heavy atom. The summed E-state index contributed by atoms with van der Waals surface area (Å²) >= 11 is 5.66. The van der Waals surface area contributed by atoms with Crippen molar-refractivity contribution in [2.75, 3.05) is 0 Å². The number of alkyl halides is 1. The summed E-state index contributed by atoms with van der Waals surface area (Å²) < 4.78 is 2.06. The van der Waals surface area contributed by atoms with Gasteiger partial charge < -0.3 is 4.57 Å². The molecule has 0 amide bonds. The van der Waals surface area contributed by atoms with Gasteiger partial charge in [-0.3, -0.25) is 0 Å². The molecule has 3 heteroatoms. The highest BCUT2D eigenvalue weighted by atomic mass is 35.5. The SMILES string of the molecule is CC(C)n1cncc1CCl. The van der Waals surface area contributed by atoms with E-state index in [-0.39, 0.29) is 0 Å². The third-order valence-corrected chi connectivity index (χ3v) is 1.71. The molecule has 1 aromatic heterocycles. The van der Waals surface area contributed by atoms with Crippen LogP contribution in [0.2, 0.25) is 0 Å². The van der Waals surface area contributed by atoms with Crippen molar-refractivity contribution in [3.63, 3.8) is 0 Å². The predicted molar refractivity (Wildman–Crippen MR) is 42.2 cm³/mol.